The third-order valence-electron chi connectivity index (χ3n) is 15.5. The Morgan fingerprint density at radius 1 is 0.875 bits per heavy atom. The standard InChI is InChI=1S/C45H75NO10/c1-11-32(41(49)50)34-17-14-25(4)39(53-34)29(8)37(47)28(7)38(48)33(12-2)40-26(5)24-27(6)44(54-40)21-18-35(46-31-15-16-31)45(56-44)23-22-42(10,55-45)36-19-20-43(51,13-3)30(9)52-36/h18,21,25-37,39-40,46-47,51H,11-17,19-20,22-24H2,1-10H3,(H,49,50)/t25-,26-,27+,28-,29-,30-,32?,33-,34?,35+,36+,37+,39?,40-,42-,43+,44-,45-/m0/s1. The van der Waals surface area contributed by atoms with Gasteiger partial charge in [0, 0.05) is 36.1 Å². The van der Waals surface area contributed by atoms with Crippen LogP contribution in [0.3, 0.4) is 0 Å². The number of aliphatic hydroxyl groups is 2. The fourth-order valence-electron chi connectivity index (χ4n) is 11.2. The Kier molecular flexibility index (Phi) is 13.3. The maximum Gasteiger partial charge on any atom is 0.309 e. The van der Waals surface area contributed by atoms with E-state index in [0.29, 0.717) is 51.0 Å². The van der Waals surface area contributed by atoms with Crippen LogP contribution in [0.25, 0.3) is 0 Å². The second-order valence-corrected chi connectivity index (χ2v) is 19.4. The fourth-order valence-corrected chi connectivity index (χ4v) is 11.2. The average Bonchev–Trinajstić information content (AvgIpc) is 3.93. The van der Waals surface area contributed by atoms with E-state index in [-0.39, 0.29) is 53.8 Å². The van der Waals surface area contributed by atoms with E-state index < -0.39 is 64.8 Å². The molecule has 0 aromatic carbocycles. The minimum atomic E-state index is -1.11. The summed E-state index contributed by atoms with van der Waals surface area (Å²) in [5.74, 6) is -4.95. The van der Waals surface area contributed by atoms with Crippen molar-refractivity contribution in [1.29, 1.82) is 0 Å². The number of ether oxygens (including phenoxy) is 5. The summed E-state index contributed by atoms with van der Waals surface area (Å²) in [6.45, 7) is 20.1. The predicted octanol–water partition coefficient (Wildman–Crippen LogP) is 6.95. The van der Waals surface area contributed by atoms with Gasteiger partial charge in [-0.25, -0.2) is 0 Å². The normalized spacial score (nSPS) is 45.7. The molecular formula is C45H75NO10. The molecule has 6 aliphatic rings. The average molecular weight is 790 g/mol. The van der Waals surface area contributed by atoms with Crippen LogP contribution in [0.2, 0.25) is 0 Å². The van der Waals surface area contributed by atoms with E-state index in [1.165, 1.54) is 0 Å². The zero-order valence-corrected chi connectivity index (χ0v) is 36.0. The molecule has 18 atom stereocenters. The van der Waals surface area contributed by atoms with E-state index >= 15 is 0 Å². The van der Waals surface area contributed by atoms with Crippen molar-refractivity contribution in [3.05, 3.63) is 12.2 Å². The Morgan fingerprint density at radius 2 is 1.57 bits per heavy atom. The second-order valence-electron chi connectivity index (χ2n) is 19.4. The molecule has 5 fully saturated rings. The molecule has 5 aliphatic heterocycles. The topological polar surface area (TPSA) is 153 Å². The van der Waals surface area contributed by atoms with Crippen molar-refractivity contribution in [3.63, 3.8) is 0 Å². The summed E-state index contributed by atoms with van der Waals surface area (Å²) in [6.07, 6.45) is 10.5. The summed E-state index contributed by atoms with van der Waals surface area (Å²) >= 11 is 0. The van der Waals surface area contributed by atoms with Crippen LogP contribution < -0.4 is 5.32 Å². The molecule has 1 aliphatic carbocycles. The highest BCUT2D eigenvalue weighted by Crippen LogP contribution is 2.54. The lowest BCUT2D eigenvalue weighted by molar-refractivity contribution is -0.398. The Labute approximate surface area is 336 Å². The number of carboxylic acids is 1. The molecule has 56 heavy (non-hydrogen) atoms. The number of nitrogens with one attached hydrogen (secondary N) is 1. The summed E-state index contributed by atoms with van der Waals surface area (Å²) in [6, 6.07) is 0.227. The summed E-state index contributed by atoms with van der Waals surface area (Å²) in [7, 11) is 0. The van der Waals surface area contributed by atoms with Gasteiger partial charge in [0.2, 0.25) is 0 Å². The van der Waals surface area contributed by atoms with Crippen LogP contribution in [0.4, 0.5) is 0 Å². The summed E-state index contributed by atoms with van der Waals surface area (Å²) in [4.78, 5) is 26.6. The van der Waals surface area contributed by atoms with E-state index in [0.717, 1.165) is 32.1 Å². The zero-order valence-electron chi connectivity index (χ0n) is 36.0. The molecule has 11 heteroatoms. The number of carbonyl (C=O) groups excluding carboxylic acids is 1. The SMILES string of the molecule is CCC(C(=O)O)C1CC[C@H](C)C([C@@H](C)[C@H](O)[C@H](C)C(=O)[C@H](CC)[C@H]2O[C@]3(C=C[C@@H](NC4CC4)[C@]4(CC[C@@](C)([C@H]5CC[C@](O)(CC)[C@H](C)O5)O4)O3)[C@H](C)C[C@@H]2C)O1. The molecular weight excluding hydrogens is 714 g/mol. The number of ketones is 1. The molecule has 4 N–H and O–H groups in total. The van der Waals surface area contributed by atoms with Crippen LogP contribution in [-0.4, -0.2) is 98.6 Å². The first-order valence-electron chi connectivity index (χ1n) is 22.4. The largest absolute Gasteiger partial charge is 0.481 e. The summed E-state index contributed by atoms with van der Waals surface area (Å²) < 4.78 is 34.7. The predicted molar refractivity (Wildman–Crippen MR) is 213 cm³/mol. The van der Waals surface area contributed by atoms with Crippen LogP contribution in [0.5, 0.6) is 0 Å². The third-order valence-corrected chi connectivity index (χ3v) is 15.5. The molecule has 0 amide bonds. The van der Waals surface area contributed by atoms with E-state index in [9.17, 15) is 24.9 Å². The van der Waals surface area contributed by atoms with E-state index in [1.54, 1.807) is 0 Å². The second kappa shape index (κ2) is 16.9. The number of rotatable bonds is 14. The first-order chi connectivity index (χ1) is 26.4. The number of aliphatic carboxylic acids is 1. The number of hydrogen-bond donors (Lipinski definition) is 4. The molecule has 0 aromatic rings. The van der Waals surface area contributed by atoms with Crippen molar-refractivity contribution in [3.8, 4) is 0 Å². The van der Waals surface area contributed by atoms with Gasteiger partial charge in [0.1, 0.15) is 5.78 Å². The maximum absolute atomic E-state index is 14.6. The maximum atomic E-state index is 14.6. The molecule has 11 nitrogen and oxygen atoms in total. The van der Waals surface area contributed by atoms with Crippen molar-refractivity contribution < 1.29 is 48.6 Å². The van der Waals surface area contributed by atoms with E-state index in [2.05, 4.69) is 45.2 Å². The van der Waals surface area contributed by atoms with Gasteiger partial charge in [-0.05, 0) is 102 Å². The molecule has 1 saturated carbocycles. The highest BCUT2D eigenvalue weighted by Gasteiger charge is 2.63. The lowest BCUT2D eigenvalue weighted by atomic mass is 9.72. The van der Waals surface area contributed by atoms with Crippen molar-refractivity contribution in [2.75, 3.05) is 0 Å². The number of carboxylic acid groups (broad SMARTS) is 1. The van der Waals surface area contributed by atoms with Gasteiger partial charge >= 0.3 is 5.97 Å². The minimum Gasteiger partial charge on any atom is -0.481 e. The van der Waals surface area contributed by atoms with Crippen LogP contribution >= 0.6 is 0 Å². The molecule has 320 valence electrons. The van der Waals surface area contributed by atoms with Crippen LogP contribution in [0.1, 0.15) is 146 Å². The first-order valence-corrected chi connectivity index (χ1v) is 22.4. The zero-order chi connectivity index (χ0) is 41.0. The van der Waals surface area contributed by atoms with E-state index in [1.807, 2.05) is 41.5 Å². The van der Waals surface area contributed by atoms with Gasteiger partial charge in [-0.15, -0.1) is 0 Å². The molecule has 2 spiro atoms. The van der Waals surface area contributed by atoms with Gasteiger partial charge in [-0.2, -0.15) is 0 Å². The molecule has 0 aromatic heterocycles. The monoisotopic (exact) mass is 790 g/mol. The van der Waals surface area contributed by atoms with Crippen molar-refractivity contribution in [1.82, 2.24) is 5.32 Å². The smallest absolute Gasteiger partial charge is 0.309 e. The van der Waals surface area contributed by atoms with Crippen LogP contribution in [0, 0.1) is 41.4 Å². The highest BCUT2D eigenvalue weighted by molar-refractivity contribution is 5.84. The third kappa shape index (κ3) is 8.32. The molecule has 6 rings (SSSR count). The molecule has 3 unspecified atom stereocenters. The van der Waals surface area contributed by atoms with Gasteiger partial charge < -0.3 is 44.3 Å². The first kappa shape index (κ1) is 44.1. The van der Waals surface area contributed by atoms with Gasteiger partial charge in [-0.1, -0.05) is 61.5 Å². The van der Waals surface area contributed by atoms with Crippen molar-refractivity contribution in [2.45, 2.75) is 218 Å². The lowest BCUT2D eigenvalue weighted by Gasteiger charge is -2.55. The van der Waals surface area contributed by atoms with Crippen LogP contribution in [-0.2, 0) is 33.3 Å². The van der Waals surface area contributed by atoms with E-state index in [4.69, 9.17) is 23.7 Å². The van der Waals surface area contributed by atoms with Crippen LogP contribution in [0.15, 0.2) is 12.2 Å². The van der Waals surface area contributed by atoms with Gasteiger partial charge in [-0.3, -0.25) is 9.59 Å². The Bertz CT molecular complexity index is 1420. The number of hydrogen-bond acceptors (Lipinski definition) is 10. The molecule has 4 saturated heterocycles. The lowest BCUT2D eigenvalue weighted by Crippen LogP contribution is -2.65. The van der Waals surface area contributed by atoms with Gasteiger partial charge in [0.25, 0.3) is 0 Å². The molecule has 5 heterocycles. The van der Waals surface area contributed by atoms with Crippen molar-refractivity contribution >= 4 is 11.8 Å². The summed E-state index contributed by atoms with van der Waals surface area (Å²) in [5.41, 5.74) is -1.47. The number of aliphatic hydroxyl groups excluding tert-OH is 1. The minimum absolute atomic E-state index is 0.0176. The van der Waals surface area contributed by atoms with Gasteiger partial charge in [0.05, 0.1) is 59.8 Å². The quantitative estimate of drug-likeness (QED) is 0.135. The Hall–Kier alpha value is -1.44. The Balaban J connectivity index is 1.20. The highest BCUT2D eigenvalue weighted by atomic mass is 16.8. The summed E-state index contributed by atoms with van der Waals surface area (Å²) in [5, 5.41) is 36.6. The number of carbonyl (C=O) groups is 2. The molecule has 0 radical (unpaired) electrons. The molecule has 0 bridgehead atoms. The van der Waals surface area contributed by atoms with Crippen molar-refractivity contribution in [2.24, 2.45) is 41.4 Å². The Morgan fingerprint density at radius 3 is 2.18 bits per heavy atom. The van der Waals surface area contributed by atoms with Gasteiger partial charge in [0.15, 0.2) is 11.6 Å². The fraction of sp³-hybridized carbons (Fsp3) is 0.911. The number of Topliss-reactive ketones (excluding diaryl/α,β-unsaturated/α-hetero) is 1.